The fourth-order valence-electron chi connectivity index (χ4n) is 4.49. The van der Waals surface area contributed by atoms with Gasteiger partial charge in [-0.1, -0.05) is 72.6 Å². The third kappa shape index (κ3) is 5.15. The Hall–Kier alpha value is -2.00. The normalized spacial score (nSPS) is 19.2. The molecule has 1 unspecified atom stereocenters. The Labute approximate surface area is 213 Å². The van der Waals surface area contributed by atoms with Crippen molar-refractivity contribution in [3.05, 3.63) is 51.5 Å². The summed E-state index contributed by atoms with van der Waals surface area (Å²) >= 11 is 18.5. The van der Waals surface area contributed by atoms with E-state index in [1.165, 1.54) is 12.1 Å². The van der Waals surface area contributed by atoms with Gasteiger partial charge in [0.15, 0.2) is 0 Å². The maximum absolute atomic E-state index is 13.9. The maximum atomic E-state index is 13.9. The summed E-state index contributed by atoms with van der Waals surface area (Å²) in [7, 11) is -4.45. The number of halogens is 3. The Bertz CT molecular complexity index is 1190. The van der Waals surface area contributed by atoms with Gasteiger partial charge in [0.25, 0.3) is 10.0 Å². The zero-order valence-corrected chi connectivity index (χ0v) is 21.3. The highest BCUT2D eigenvalue weighted by Gasteiger charge is 2.43. The lowest BCUT2D eigenvalue weighted by Crippen LogP contribution is -2.53. The van der Waals surface area contributed by atoms with E-state index >= 15 is 0 Å². The molecule has 2 amide bonds. The average Bonchev–Trinajstić information content (AvgIpc) is 3.01. The van der Waals surface area contributed by atoms with Gasteiger partial charge in [-0.3, -0.25) is 13.9 Å². The predicted molar refractivity (Wildman–Crippen MR) is 134 cm³/mol. The Kier molecular flexibility index (Phi) is 7.62. The van der Waals surface area contributed by atoms with Crippen molar-refractivity contribution in [2.24, 2.45) is 0 Å². The van der Waals surface area contributed by atoms with Crippen LogP contribution in [0.1, 0.15) is 44.9 Å². The molecule has 7 nitrogen and oxygen atoms in total. The standard InChI is InChI=1S/C23H24Cl3N3O4S/c24-14-11-16(25)22(17(26)12-14)34(32,33)29-19-10-6-5-9-18(19)28-23(31)20(29)13-21(30)27-15-7-3-1-2-4-8-15/h5-6,9-12,15,20H,1-4,7-8,13H2,(H,27,30)(H,28,31). The summed E-state index contributed by atoms with van der Waals surface area (Å²) in [5, 5.41) is 5.51. The molecule has 1 atom stereocenters. The van der Waals surface area contributed by atoms with E-state index in [9.17, 15) is 18.0 Å². The predicted octanol–water partition coefficient (Wildman–Crippen LogP) is 5.39. The summed E-state index contributed by atoms with van der Waals surface area (Å²) in [4.78, 5) is 25.6. The molecule has 34 heavy (non-hydrogen) atoms. The van der Waals surface area contributed by atoms with Crippen molar-refractivity contribution in [3.8, 4) is 0 Å². The summed E-state index contributed by atoms with van der Waals surface area (Å²) in [5.74, 6) is -1.00. The van der Waals surface area contributed by atoms with Crippen LogP contribution in [-0.2, 0) is 19.6 Å². The summed E-state index contributed by atoms with van der Waals surface area (Å²) in [6.45, 7) is 0. The van der Waals surface area contributed by atoms with Gasteiger partial charge in [-0.25, -0.2) is 8.42 Å². The highest BCUT2D eigenvalue weighted by atomic mass is 35.5. The number of hydrogen-bond donors (Lipinski definition) is 2. The van der Waals surface area contributed by atoms with Gasteiger partial charge in [-0.15, -0.1) is 0 Å². The lowest BCUT2D eigenvalue weighted by molar-refractivity contribution is -0.125. The molecule has 1 fully saturated rings. The number of hydrogen-bond acceptors (Lipinski definition) is 4. The fourth-order valence-corrected chi connectivity index (χ4v) is 7.63. The molecule has 0 saturated heterocycles. The number of nitrogens with zero attached hydrogens (tertiary/aromatic N) is 1. The zero-order chi connectivity index (χ0) is 24.5. The fraction of sp³-hybridized carbons (Fsp3) is 0.391. The van der Waals surface area contributed by atoms with Gasteiger partial charge in [0, 0.05) is 11.1 Å². The number of benzene rings is 2. The lowest BCUT2D eigenvalue weighted by Gasteiger charge is -2.37. The van der Waals surface area contributed by atoms with Gasteiger partial charge >= 0.3 is 0 Å². The number of sulfonamides is 1. The molecule has 11 heteroatoms. The van der Waals surface area contributed by atoms with Gasteiger partial charge in [-0.2, -0.15) is 0 Å². The number of fused-ring (bicyclic) bond motifs is 1. The van der Waals surface area contributed by atoms with Crippen LogP contribution in [0, 0.1) is 0 Å². The molecule has 182 valence electrons. The minimum atomic E-state index is -4.45. The number of anilines is 2. The van der Waals surface area contributed by atoms with Crippen LogP contribution in [0.5, 0.6) is 0 Å². The van der Waals surface area contributed by atoms with Crippen LogP contribution in [0.25, 0.3) is 0 Å². The number of amides is 2. The minimum Gasteiger partial charge on any atom is -0.353 e. The Balaban J connectivity index is 1.72. The van der Waals surface area contributed by atoms with Crippen LogP contribution < -0.4 is 14.9 Å². The molecule has 1 saturated carbocycles. The van der Waals surface area contributed by atoms with Gasteiger partial charge in [0.2, 0.25) is 11.8 Å². The van der Waals surface area contributed by atoms with Crippen LogP contribution in [0.15, 0.2) is 41.3 Å². The zero-order valence-electron chi connectivity index (χ0n) is 18.2. The quantitative estimate of drug-likeness (QED) is 0.493. The van der Waals surface area contributed by atoms with Gasteiger partial charge < -0.3 is 10.6 Å². The molecule has 2 N–H and O–H groups in total. The van der Waals surface area contributed by atoms with Crippen molar-refractivity contribution < 1.29 is 18.0 Å². The molecular formula is C23H24Cl3N3O4S. The van der Waals surface area contributed by atoms with E-state index in [1.54, 1.807) is 24.3 Å². The monoisotopic (exact) mass is 543 g/mol. The molecule has 1 aliphatic heterocycles. The van der Waals surface area contributed by atoms with E-state index in [2.05, 4.69) is 10.6 Å². The summed E-state index contributed by atoms with van der Waals surface area (Å²) < 4.78 is 28.7. The average molecular weight is 545 g/mol. The molecule has 4 rings (SSSR count). The van der Waals surface area contributed by atoms with Crippen LogP contribution >= 0.6 is 34.8 Å². The largest absolute Gasteiger partial charge is 0.353 e. The van der Waals surface area contributed by atoms with Crippen molar-refractivity contribution in [2.75, 3.05) is 9.62 Å². The second-order valence-electron chi connectivity index (χ2n) is 8.48. The highest BCUT2D eigenvalue weighted by Crippen LogP contribution is 2.41. The van der Waals surface area contributed by atoms with Crippen molar-refractivity contribution in [2.45, 2.75) is 61.9 Å². The van der Waals surface area contributed by atoms with Crippen LogP contribution in [0.3, 0.4) is 0 Å². The van der Waals surface area contributed by atoms with Crippen molar-refractivity contribution in [1.29, 1.82) is 0 Å². The molecule has 0 bridgehead atoms. The first kappa shape index (κ1) is 25.1. The smallest absolute Gasteiger partial charge is 0.268 e. The van der Waals surface area contributed by atoms with E-state index in [4.69, 9.17) is 34.8 Å². The maximum Gasteiger partial charge on any atom is 0.268 e. The molecule has 2 aromatic rings. The van der Waals surface area contributed by atoms with Crippen molar-refractivity contribution >= 4 is 68.0 Å². The first-order valence-corrected chi connectivity index (χ1v) is 13.6. The first-order valence-electron chi connectivity index (χ1n) is 11.1. The van der Waals surface area contributed by atoms with Gasteiger partial charge in [0.1, 0.15) is 10.9 Å². The number of para-hydroxylation sites is 2. The third-order valence-electron chi connectivity index (χ3n) is 6.06. The number of carbonyl (C=O) groups excluding carboxylic acids is 2. The first-order chi connectivity index (χ1) is 16.2. The number of carbonyl (C=O) groups is 2. The van der Waals surface area contributed by atoms with Crippen molar-refractivity contribution in [1.82, 2.24) is 5.32 Å². The molecule has 1 heterocycles. The van der Waals surface area contributed by atoms with Gasteiger partial charge in [0.05, 0.1) is 27.8 Å². The van der Waals surface area contributed by atoms with Crippen LogP contribution in [0.2, 0.25) is 15.1 Å². The Morgan fingerprint density at radius 1 is 1.03 bits per heavy atom. The van der Waals surface area contributed by atoms with E-state index in [0.717, 1.165) is 42.8 Å². The second-order valence-corrected chi connectivity index (χ2v) is 11.5. The summed E-state index contributed by atoms with van der Waals surface area (Å²) in [6.07, 6.45) is 5.68. The highest BCUT2D eigenvalue weighted by molar-refractivity contribution is 7.93. The molecule has 1 aliphatic carbocycles. The molecule has 0 spiro atoms. The third-order valence-corrected chi connectivity index (χ3v) is 9.03. The van der Waals surface area contributed by atoms with Crippen LogP contribution in [0.4, 0.5) is 11.4 Å². The van der Waals surface area contributed by atoms with E-state index in [0.29, 0.717) is 5.69 Å². The lowest BCUT2D eigenvalue weighted by atomic mass is 10.1. The summed E-state index contributed by atoms with van der Waals surface area (Å²) in [6, 6.07) is 7.69. The number of rotatable bonds is 5. The molecule has 0 radical (unpaired) electrons. The topological polar surface area (TPSA) is 95.6 Å². The summed E-state index contributed by atoms with van der Waals surface area (Å²) in [5.41, 5.74) is 0.522. The molecule has 2 aromatic carbocycles. The molecule has 2 aliphatic rings. The molecular weight excluding hydrogens is 521 g/mol. The molecule has 0 aromatic heterocycles. The SMILES string of the molecule is O=C(CC1C(=O)Nc2ccccc2N1S(=O)(=O)c1c(Cl)cc(Cl)cc1Cl)NC1CCCCCC1. The van der Waals surface area contributed by atoms with E-state index < -0.39 is 22.0 Å². The minimum absolute atomic E-state index is 0.0131. The van der Waals surface area contributed by atoms with Crippen molar-refractivity contribution in [3.63, 3.8) is 0 Å². The Morgan fingerprint density at radius 2 is 1.65 bits per heavy atom. The van der Waals surface area contributed by atoms with Gasteiger partial charge in [-0.05, 0) is 37.1 Å². The Morgan fingerprint density at radius 3 is 2.29 bits per heavy atom. The second kappa shape index (κ2) is 10.3. The number of nitrogens with one attached hydrogen (secondary N) is 2. The van der Waals surface area contributed by atoms with E-state index in [1.807, 2.05) is 0 Å². The van der Waals surface area contributed by atoms with E-state index in [-0.39, 0.29) is 44.0 Å². The van der Waals surface area contributed by atoms with Crippen LogP contribution in [-0.4, -0.2) is 32.3 Å².